The van der Waals surface area contributed by atoms with Crippen molar-refractivity contribution in [3.8, 4) is 74.1 Å². The van der Waals surface area contributed by atoms with E-state index in [-0.39, 0.29) is 83.4 Å². The van der Waals surface area contributed by atoms with Crippen molar-refractivity contribution in [3.05, 3.63) is 0 Å². The van der Waals surface area contributed by atoms with Crippen molar-refractivity contribution in [1.82, 2.24) is 0 Å². The minimum atomic E-state index is -1.59. The molecule has 0 aromatic rings. The summed E-state index contributed by atoms with van der Waals surface area (Å²) in [6.07, 6.45) is 17.0. The fourth-order valence-electron chi connectivity index (χ4n) is 0. The van der Waals surface area contributed by atoms with Crippen molar-refractivity contribution in [1.29, 1.82) is 0 Å². The van der Waals surface area contributed by atoms with E-state index in [0.29, 0.717) is 0 Å². The van der Waals surface area contributed by atoms with Crippen LogP contribution in [0.1, 0.15) is 0 Å². The normalized spacial score (nSPS) is 6.51. The summed E-state index contributed by atoms with van der Waals surface area (Å²) in [5.74, 6) is 9.83. The van der Waals surface area contributed by atoms with Crippen LogP contribution in [-0.2, 0) is 77.9 Å². The molecule has 14 N–H and O–H groups in total. The Morgan fingerprint density at radius 3 is 0.314 bits per heavy atom. The maximum atomic E-state index is 7.68. The first-order valence-electron chi connectivity index (χ1n) is 6.56. The fourth-order valence-corrected chi connectivity index (χ4v) is 0. The summed E-state index contributed by atoms with van der Waals surface area (Å²) in [6, 6.07) is 0. The Bertz CT molecular complexity index is 461. The van der Waals surface area contributed by atoms with E-state index in [1.54, 1.807) is 35.5 Å². The number of aliphatic hydroxyl groups excluding tert-OH is 6. The Kier molecular flexibility index (Phi) is 128. The molecule has 0 aliphatic heterocycles. The molecule has 0 heterocycles. The molecular weight excluding hydrogens is 686 g/mol. The summed E-state index contributed by atoms with van der Waals surface area (Å²) in [6.45, 7) is 0. The van der Waals surface area contributed by atoms with E-state index in [1.165, 1.54) is 0 Å². The van der Waals surface area contributed by atoms with Gasteiger partial charge in [0.25, 0.3) is 0 Å². The second kappa shape index (κ2) is 64.0. The standard InChI is InChI=1S/6C3H4O2.H2O.4Zn/c6*1-2-3(4)5;;;;;/h6*1,3-5H;1H2;;;;. The van der Waals surface area contributed by atoms with Crippen LogP contribution in [0.5, 0.6) is 0 Å². The van der Waals surface area contributed by atoms with Gasteiger partial charge in [0, 0.05) is 77.9 Å². The molecule has 0 rings (SSSR count). The van der Waals surface area contributed by atoms with Crippen molar-refractivity contribution in [3.63, 3.8) is 0 Å². The van der Waals surface area contributed by atoms with E-state index >= 15 is 0 Å². The summed E-state index contributed by atoms with van der Waals surface area (Å²) in [4.78, 5) is 0. The SMILES string of the molecule is C#CC(O)O.C#CC(O)O.C#CC(O)O.C#CC(O)O.C#CC(O)O.C#CC(O)O.O.[Zn].[Zn].[Zn].[Zn]. The molecule has 17 heteroatoms. The maximum absolute atomic E-state index is 7.68. The van der Waals surface area contributed by atoms with E-state index in [4.69, 9.17) is 61.3 Å². The Morgan fingerprint density at radius 1 is 0.286 bits per heavy atom. The topological polar surface area (TPSA) is 274 Å². The second-order valence-electron chi connectivity index (χ2n) is 3.24. The van der Waals surface area contributed by atoms with Crippen LogP contribution in [0.4, 0.5) is 0 Å². The van der Waals surface area contributed by atoms with E-state index < -0.39 is 37.7 Å². The number of rotatable bonds is 0. The molecule has 0 bridgehead atoms. The van der Waals surface area contributed by atoms with Gasteiger partial charge in [0.15, 0.2) is 0 Å². The van der Waals surface area contributed by atoms with Crippen LogP contribution in [0.25, 0.3) is 0 Å². The van der Waals surface area contributed by atoms with Gasteiger partial charge in [-0.25, -0.2) is 0 Å². The summed E-state index contributed by atoms with van der Waals surface area (Å²) in [7, 11) is 0. The average molecular weight is 712 g/mol. The predicted molar refractivity (Wildman–Crippen MR) is 106 cm³/mol. The van der Waals surface area contributed by atoms with Gasteiger partial charge in [-0.2, -0.15) is 0 Å². The van der Waals surface area contributed by atoms with Crippen molar-refractivity contribution in [2.24, 2.45) is 0 Å². The third-order valence-corrected chi connectivity index (χ3v) is 0.894. The summed E-state index contributed by atoms with van der Waals surface area (Å²) in [5, 5.41) is 92.2. The van der Waals surface area contributed by atoms with Gasteiger partial charge in [-0.1, -0.05) is 0 Å². The molecule has 0 saturated heterocycles. The molecule has 0 fully saturated rings. The van der Waals surface area contributed by atoms with E-state index in [9.17, 15) is 0 Å². The third-order valence-electron chi connectivity index (χ3n) is 0.894. The zero-order chi connectivity index (χ0) is 25.7. The molecule has 0 spiro atoms. The maximum Gasteiger partial charge on any atom is 0.217 e. The first kappa shape index (κ1) is 70.1. The van der Waals surface area contributed by atoms with Gasteiger partial charge in [-0.3, -0.25) is 0 Å². The van der Waals surface area contributed by atoms with Gasteiger partial charge in [-0.15, -0.1) is 38.5 Å². The quantitative estimate of drug-likeness (QED) is 0.0635. The van der Waals surface area contributed by atoms with Gasteiger partial charge < -0.3 is 66.8 Å². The van der Waals surface area contributed by atoms with E-state index in [2.05, 4.69) is 38.5 Å². The number of aliphatic hydroxyl groups is 12. The van der Waals surface area contributed by atoms with Crippen LogP contribution in [-0.4, -0.2) is 104 Å². The molecule has 0 unspecified atom stereocenters. The molecule has 0 aliphatic carbocycles. The van der Waals surface area contributed by atoms with Crippen LogP contribution in [0.2, 0.25) is 0 Å². The van der Waals surface area contributed by atoms with Crippen molar-refractivity contribution in [2.75, 3.05) is 0 Å². The molecular formula is C18H26O13Zn4. The molecule has 184 valence electrons. The minimum absolute atomic E-state index is 0. The molecule has 0 aromatic heterocycles. The van der Waals surface area contributed by atoms with Gasteiger partial charge in [0.2, 0.25) is 37.7 Å². The van der Waals surface area contributed by atoms with E-state index in [0.717, 1.165) is 0 Å². The summed E-state index contributed by atoms with van der Waals surface area (Å²) < 4.78 is 0. The number of hydrogen-bond donors (Lipinski definition) is 12. The molecule has 0 aromatic carbocycles. The average Bonchev–Trinajstić information content (AvgIpc) is 2.69. The predicted octanol–water partition coefficient (Wildman–Crippen LogP) is -7.25. The van der Waals surface area contributed by atoms with Gasteiger partial charge in [-0.05, 0) is 35.5 Å². The van der Waals surface area contributed by atoms with Crippen molar-refractivity contribution >= 4 is 0 Å². The van der Waals surface area contributed by atoms with Crippen molar-refractivity contribution in [2.45, 2.75) is 37.7 Å². The summed E-state index contributed by atoms with van der Waals surface area (Å²) >= 11 is 0. The molecule has 35 heavy (non-hydrogen) atoms. The minimum Gasteiger partial charge on any atom is -0.412 e. The summed E-state index contributed by atoms with van der Waals surface area (Å²) in [5.41, 5.74) is 0. The van der Waals surface area contributed by atoms with Crippen LogP contribution in [0, 0.1) is 74.1 Å². The Morgan fingerprint density at radius 2 is 0.314 bits per heavy atom. The second-order valence-corrected chi connectivity index (χ2v) is 3.24. The zero-order valence-corrected chi connectivity index (χ0v) is 30.5. The van der Waals surface area contributed by atoms with E-state index in [1.807, 2.05) is 0 Å². The number of hydrogen-bond acceptors (Lipinski definition) is 12. The molecule has 0 aliphatic rings. The zero-order valence-electron chi connectivity index (χ0n) is 18.6. The molecule has 0 amide bonds. The van der Waals surface area contributed by atoms with Crippen LogP contribution in [0.15, 0.2) is 0 Å². The fraction of sp³-hybridized carbons (Fsp3) is 0.333. The monoisotopic (exact) mass is 706 g/mol. The van der Waals surface area contributed by atoms with Gasteiger partial charge >= 0.3 is 0 Å². The Labute approximate surface area is 255 Å². The first-order chi connectivity index (χ1) is 13.6. The van der Waals surface area contributed by atoms with Crippen molar-refractivity contribution < 1.29 is 145 Å². The third kappa shape index (κ3) is 255. The Hall–Kier alpha value is -0.666. The number of terminal acetylenes is 6. The van der Waals surface area contributed by atoms with Gasteiger partial charge in [0.05, 0.1) is 0 Å². The van der Waals surface area contributed by atoms with Crippen LogP contribution in [0.3, 0.4) is 0 Å². The van der Waals surface area contributed by atoms with Crippen LogP contribution < -0.4 is 0 Å². The largest absolute Gasteiger partial charge is 0.412 e. The van der Waals surface area contributed by atoms with Crippen LogP contribution >= 0.6 is 0 Å². The smallest absolute Gasteiger partial charge is 0.217 e. The Balaban J connectivity index is -0.0000000213. The molecule has 0 atom stereocenters. The molecule has 13 nitrogen and oxygen atoms in total. The first-order valence-corrected chi connectivity index (χ1v) is 6.56. The molecule has 0 saturated carbocycles. The molecule has 0 radical (unpaired) electrons. The van der Waals surface area contributed by atoms with Gasteiger partial charge in [0.1, 0.15) is 0 Å².